The van der Waals surface area contributed by atoms with Gasteiger partial charge in [-0.1, -0.05) is 0 Å². The second-order valence-corrected chi connectivity index (χ2v) is 7.98. The third-order valence-electron chi connectivity index (χ3n) is 5.74. The number of alkyl halides is 2. The molecule has 0 radical (unpaired) electrons. The van der Waals surface area contributed by atoms with E-state index in [0.717, 1.165) is 24.6 Å². The normalized spacial score (nSPS) is 27.7. The van der Waals surface area contributed by atoms with Crippen molar-refractivity contribution in [2.45, 2.75) is 68.9 Å². The number of nitrogens with one attached hydrogen (secondary N) is 2. The van der Waals surface area contributed by atoms with Gasteiger partial charge in [0.1, 0.15) is 5.69 Å². The Hall–Kier alpha value is -1.21. The van der Waals surface area contributed by atoms with Crippen LogP contribution < -0.4 is 10.6 Å². The number of carbonyl (C=O) groups is 1. The quantitative estimate of drug-likeness (QED) is 0.787. The van der Waals surface area contributed by atoms with Crippen molar-refractivity contribution in [1.29, 1.82) is 0 Å². The van der Waals surface area contributed by atoms with E-state index >= 15 is 0 Å². The van der Waals surface area contributed by atoms with Gasteiger partial charge in [0, 0.05) is 43.6 Å². The van der Waals surface area contributed by atoms with Crippen LogP contribution in [0.2, 0.25) is 0 Å². The van der Waals surface area contributed by atoms with Crippen LogP contribution >= 0.6 is 12.4 Å². The summed E-state index contributed by atoms with van der Waals surface area (Å²) < 4.78 is 28.2. The fourth-order valence-electron chi connectivity index (χ4n) is 3.77. The first-order valence-corrected chi connectivity index (χ1v) is 9.37. The summed E-state index contributed by atoms with van der Waals surface area (Å²) in [6.45, 7) is 1.10. The van der Waals surface area contributed by atoms with Crippen LogP contribution in [-0.4, -0.2) is 40.2 Å². The maximum Gasteiger partial charge on any atom is 0.272 e. The maximum absolute atomic E-state index is 13.2. The first-order valence-electron chi connectivity index (χ1n) is 9.37. The Bertz CT molecular complexity index is 652. The van der Waals surface area contributed by atoms with E-state index in [1.807, 2.05) is 13.1 Å². The van der Waals surface area contributed by atoms with Gasteiger partial charge in [-0.15, -0.1) is 12.4 Å². The van der Waals surface area contributed by atoms with Crippen molar-refractivity contribution in [3.63, 3.8) is 0 Å². The Balaban J connectivity index is 0.00000196. The van der Waals surface area contributed by atoms with Crippen molar-refractivity contribution < 1.29 is 13.6 Å². The second kappa shape index (κ2) is 7.43. The molecule has 0 bridgehead atoms. The minimum atomic E-state index is -2.58. The molecule has 8 heteroatoms. The first-order chi connectivity index (χ1) is 11.9. The number of nitrogens with zero attached hydrogens (tertiary/aromatic N) is 2. The van der Waals surface area contributed by atoms with E-state index in [1.54, 1.807) is 4.68 Å². The lowest BCUT2D eigenvalue weighted by atomic mass is 9.92. The molecule has 3 saturated carbocycles. The number of hydrogen-bond donors (Lipinski definition) is 2. The molecule has 0 unspecified atom stereocenters. The molecule has 2 atom stereocenters. The van der Waals surface area contributed by atoms with Crippen molar-refractivity contribution in [2.75, 3.05) is 6.54 Å². The number of aromatic nitrogens is 2. The average molecular weight is 389 g/mol. The van der Waals surface area contributed by atoms with Gasteiger partial charge in [-0.05, 0) is 50.6 Å². The van der Waals surface area contributed by atoms with Crippen molar-refractivity contribution >= 4 is 18.3 Å². The highest BCUT2D eigenvalue weighted by atomic mass is 35.5. The van der Waals surface area contributed by atoms with Crippen LogP contribution in [0, 0.1) is 5.92 Å². The number of rotatable bonds is 6. The number of aryl methyl sites for hydroxylation is 1. The van der Waals surface area contributed by atoms with Crippen LogP contribution in [-0.2, 0) is 7.05 Å². The molecule has 0 saturated heterocycles. The van der Waals surface area contributed by atoms with Gasteiger partial charge in [0.05, 0.1) is 0 Å². The molecular weight excluding hydrogens is 362 g/mol. The van der Waals surface area contributed by atoms with E-state index in [0.29, 0.717) is 30.5 Å². The molecule has 1 aromatic rings. The predicted molar refractivity (Wildman–Crippen MR) is 97.0 cm³/mol. The largest absolute Gasteiger partial charge is 0.348 e. The van der Waals surface area contributed by atoms with Crippen LogP contribution in [0.25, 0.3) is 0 Å². The van der Waals surface area contributed by atoms with Crippen LogP contribution in [0.3, 0.4) is 0 Å². The highest BCUT2D eigenvalue weighted by Gasteiger charge is 2.41. The van der Waals surface area contributed by atoms with Crippen molar-refractivity contribution in [3.8, 4) is 0 Å². The smallest absolute Gasteiger partial charge is 0.272 e. The Labute approximate surface area is 158 Å². The summed E-state index contributed by atoms with van der Waals surface area (Å²) in [5, 5.41) is 10.8. The van der Waals surface area contributed by atoms with Gasteiger partial charge in [-0.2, -0.15) is 5.10 Å². The molecule has 0 spiro atoms. The van der Waals surface area contributed by atoms with E-state index < -0.39 is 5.92 Å². The van der Waals surface area contributed by atoms with E-state index in [9.17, 15) is 13.6 Å². The Morgan fingerprint density at radius 1 is 1.31 bits per heavy atom. The molecule has 1 amide bonds. The fraction of sp³-hybridized carbons (Fsp3) is 0.778. The highest BCUT2D eigenvalue weighted by Crippen LogP contribution is 2.41. The fourth-order valence-corrected chi connectivity index (χ4v) is 3.77. The van der Waals surface area contributed by atoms with Crippen LogP contribution in [0.1, 0.15) is 67.0 Å². The topological polar surface area (TPSA) is 59.0 Å². The molecule has 3 aliphatic carbocycles. The standard InChI is InChI=1S/C18H26F2N4O.ClH/c1-24-16(13-8-14(13)21-10-11-2-3-11)9-15(23-24)17(25)22-12-4-6-18(19,20)7-5-12;/h9,11-14,21H,2-8,10H2,1H3,(H,22,25);1H/t13-,14-;/m1./s1. The predicted octanol–water partition coefficient (Wildman–Crippen LogP) is 3.01. The summed E-state index contributed by atoms with van der Waals surface area (Å²) in [6, 6.07) is 2.18. The monoisotopic (exact) mass is 388 g/mol. The zero-order valence-corrected chi connectivity index (χ0v) is 15.8. The molecule has 1 heterocycles. The molecule has 3 fully saturated rings. The van der Waals surface area contributed by atoms with Crippen LogP contribution in [0.15, 0.2) is 6.07 Å². The SMILES string of the molecule is Cl.Cn1nc(C(=O)NC2CCC(F)(F)CC2)cc1[C@@H]1C[C@H]1NCC1CC1. The van der Waals surface area contributed by atoms with Gasteiger partial charge in [0.15, 0.2) is 0 Å². The lowest BCUT2D eigenvalue weighted by Crippen LogP contribution is -2.40. The van der Waals surface area contributed by atoms with Crippen molar-refractivity contribution in [1.82, 2.24) is 20.4 Å². The zero-order chi connectivity index (χ0) is 17.6. The lowest BCUT2D eigenvalue weighted by Gasteiger charge is -2.28. The number of halogens is 3. The van der Waals surface area contributed by atoms with Gasteiger partial charge in [-0.25, -0.2) is 8.78 Å². The van der Waals surface area contributed by atoms with Crippen LogP contribution in [0.5, 0.6) is 0 Å². The van der Waals surface area contributed by atoms with Gasteiger partial charge in [-0.3, -0.25) is 9.48 Å². The minimum absolute atomic E-state index is 0. The summed E-state index contributed by atoms with van der Waals surface area (Å²) >= 11 is 0. The summed E-state index contributed by atoms with van der Waals surface area (Å²) in [5.41, 5.74) is 1.47. The maximum atomic E-state index is 13.2. The lowest BCUT2D eigenvalue weighted by molar-refractivity contribution is -0.0399. The van der Waals surface area contributed by atoms with Gasteiger partial charge < -0.3 is 10.6 Å². The molecular formula is C18H27ClF2N4O. The number of amides is 1. The first kappa shape index (κ1) is 19.5. The van der Waals surface area contributed by atoms with E-state index in [-0.39, 0.29) is 37.2 Å². The molecule has 4 rings (SSSR count). The summed E-state index contributed by atoms with van der Waals surface area (Å²) in [5.74, 6) is -1.54. The molecule has 26 heavy (non-hydrogen) atoms. The molecule has 5 nitrogen and oxygen atoms in total. The number of hydrogen-bond acceptors (Lipinski definition) is 3. The molecule has 1 aromatic heterocycles. The Kier molecular flexibility index (Phi) is 5.58. The van der Waals surface area contributed by atoms with Crippen molar-refractivity contribution in [2.24, 2.45) is 13.0 Å². The second-order valence-electron chi connectivity index (χ2n) is 7.98. The highest BCUT2D eigenvalue weighted by molar-refractivity contribution is 5.92. The van der Waals surface area contributed by atoms with Gasteiger partial charge in [0.2, 0.25) is 5.92 Å². The minimum Gasteiger partial charge on any atom is -0.348 e. The Morgan fingerprint density at radius 2 is 2.00 bits per heavy atom. The van der Waals surface area contributed by atoms with E-state index in [2.05, 4.69) is 15.7 Å². The Morgan fingerprint density at radius 3 is 2.65 bits per heavy atom. The molecule has 3 aliphatic rings. The van der Waals surface area contributed by atoms with Crippen LogP contribution in [0.4, 0.5) is 8.78 Å². The molecule has 0 aliphatic heterocycles. The molecule has 2 N–H and O–H groups in total. The summed E-state index contributed by atoms with van der Waals surface area (Å²) in [7, 11) is 1.86. The summed E-state index contributed by atoms with van der Waals surface area (Å²) in [4.78, 5) is 12.4. The molecule has 146 valence electrons. The zero-order valence-electron chi connectivity index (χ0n) is 15.0. The van der Waals surface area contributed by atoms with E-state index in [1.165, 1.54) is 12.8 Å². The van der Waals surface area contributed by atoms with Crippen molar-refractivity contribution in [3.05, 3.63) is 17.5 Å². The molecule has 0 aromatic carbocycles. The van der Waals surface area contributed by atoms with E-state index in [4.69, 9.17) is 0 Å². The third kappa shape index (κ3) is 4.55. The summed E-state index contributed by atoms with van der Waals surface area (Å²) in [6.07, 6.45) is 4.12. The van der Waals surface area contributed by atoms with Gasteiger partial charge >= 0.3 is 0 Å². The number of carbonyl (C=O) groups excluding carboxylic acids is 1. The third-order valence-corrected chi connectivity index (χ3v) is 5.74. The van der Waals surface area contributed by atoms with Gasteiger partial charge in [0.25, 0.3) is 5.91 Å². The average Bonchev–Trinajstić information content (AvgIpc) is 3.47.